The van der Waals surface area contributed by atoms with Crippen LogP contribution in [0.1, 0.15) is 77.7 Å². The fraction of sp³-hybridized carbons (Fsp3) is 0.625. The Bertz CT molecular complexity index is 663. The molecule has 174 valence electrons. The minimum Gasteiger partial charge on any atom is -0.480 e. The average Bonchev–Trinajstić information content (AvgIpc) is 2.73. The van der Waals surface area contributed by atoms with Gasteiger partial charge in [-0.3, -0.25) is 4.79 Å². The van der Waals surface area contributed by atoms with Crippen molar-refractivity contribution in [2.45, 2.75) is 90.8 Å². The number of hydrogen-bond acceptors (Lipinski definition) is 4. The van der Waals surface area contributed by atoms with Gasteiger partial charge in [0.1, 0.15) is 18.7 Å². The summed E-state index contributed by atoms with van der Waals surface area (Å²) >= 11 is 0. The molecule has 0 saturated carbocycles. The van der Waals surface area contributed by atoms with E-state index in [2.05, 4.69) is 17.6 Å². The van der Waals surface area contributed by atoms with Gasteiger partial charge in [-0.15, -0.1) is 0 Å². The molecule has 7 nitrogen and oxygen atoms in total. The van der Waals surface area contributed by atoms with Crippen LogP contribution in [0.15, 0.2) is 30.3 Å². The number of benzene rings is 1. The Morgan fingerprint density at radius 1 is 0.935 bits per heavy atom. The summed E-state index contributed by atoms with van der Waals surface area (Å²) in [6, 6.07) is 7.43. The molecule has 0 aliphatic carbocycles. The number of alkyl carbamates (subject to hydrolysis) is 1. The number of hydrogen-bond donors (Lipinski definition) is 3. The molecule has 2 amide bonds. The Morgan fingerprint density at radius 3 is 2.19 bits per heavy atom. The van der Waals surface area contributed by atoms with Gasteiger partial charge in [-0.25, -0.2) is 9.59 Å². The van der Waals surface area contributed by atoms with E-state index in [1.54, 1.807) is 0 Å². The number of unbranched alkanes of at least 4 members (excludes halogenated alkanes) is 5. The summed E-state index contributed by atoms with van der Waals surface area (Å²) in [5.41, 5.74) is 0.840. The summed E-state index contributed by atoms with van der Waals surface area (Å²) in [5.74, 6) is -1.42. The maximum atomic E-state index is 12.7. The lowest BCUT2D eigenvalue weighted by Gasteiger charge is -2.22. The van der Waals surface area contributed by atoms with Crippen LogP contribution in [0, 0.1) is 5.92 Å². The van der Waals surface area contributed by atoms with Crippen molar-refractivity contribution in [2.75, 3.05) is 0 Å². The zero-order valence-electron chi connectivity index (χ0n) is 19.1. The van der Waals surface area contributed by atoms with Crippen LogP contribution in [0.4, 0.5) is 4.79 Å². The first-order chi connectivity index (χ1) is 14.8. The van der Waals surface area contributed by atoms with E-state index in [1.807, 2.05) is 44.2 Å². The van der Waals surface area contributed by atoms with Gasteiger partial charge in [0.2, 0.25) is 5.91 Å². The SMILES string of the molecule is CCCCCCCC[C@@H](NC(=O)[C@H](CC(C)C)NC(=O)OCc1ccccc1)C(=O)O. The molecule has 0 fully saturated rings. The lowest BCUT2D eigenvalue weighted by molar-refractivity contribution is -0.142. The van der Waals surface area contributed by atoms with Gasteiger partial charge < -0.3 is 20.5 Å². The van der Waals surface area contributed by atoms with E-state index in [1.165, 1.54) is 6.42 Å². The van der Waals surface area contributed by atoms with Crippen molar-refractivity contribution in [1.82, 2.24) is 10.6 Å². The predicted octanol–water partition coefficient (Wildman–Crippen LogP) is 4.65. The van der Waals surface area contributed by atoms with Gasteiger partial charge in [0.05, 0.1) is 0 Å². The Morgan fingerprint density at radius 2 is 1.58 bits per heavy atom. The molecule has 7 heteroatoms. The van der Waals surface area contributed by atoms with E-state index >= 15 is 0 Å². The molecule has 1 rings (SSSR count). The Labute approximate surface area is 185 Å². The van der Waals surface area contributed by atoms with Crippen molar-refractivity contribution in [3.8, 4) is 0 Å². The van der Waals surface area contributed by atoms with Crippen LogP contribution in [0.5, 0.6) is 0 Å². The third-order valence-electron chi connectivity index (χ3n) is 4.99. The summed E-state index contributed by atoms with van der Waals surface area (Å²) in [4.78, 5) is 36.5. The first-order valence-corrected chi connectivity index (χ1v) is 11.3. The quantitative estimate of drug-likeness (QED) is 0.349. The molecule has 0 radical (unpaired) electrons. The van der Waals surface area contributed by atoms with Crippen LogP contribution < -0.4 is 10.6 Å². The van der Waals surface area contributed by atoms with Crippen LogP contribution in [-0.2, 0) is 20.9 Å². The van der Waals surface area contributed by atoms with Crippen molar-refractivity contribution < 1.29 is 24.2 Å². The summed E-state index contributed by atoms with van der Waals surface area (Å²) in [6.07, 6.45) is 6.29. The van der Waals surface area contributed by atoms with Crippen LogP contribution in [-0.4, -0.2) is 35.2 Å². The molecule has 0 aliphatic rings. The molecule has 3 N–H and O–H groups in total. The van der Waals surface area contributed by atoms with E-state index in [0.29, 0.717) is 12.8 Å². The number of ether oxygens (including phenoxy) is 1. The minimum absolute atomic E-state index is 0.0957. The third kappa shape index (κ3) is 12.0. The lowest BCUT2D eigenvalue weighted by atomic mass is 10.0. The van der Waals surface area contributed by atoms with Gasteiger partial charge in [0.15, 0.2) is 0 Å². The van der Waals surface area contributed by atoms with Crippen molar-refractivity contribution in [2.24, 2.45) is 5.92 Å². The van der Waals surface area contributed by atoms with Gasteiger partial charge in [0.25, 0.3) is 0 Å². The normalized spacial score (nSPS) is 12.8. The van der Waals surface area contributed by atoms with Crippen LogP contribution in [0.3, 0.4) is 0 Å². The van der Waals surface area contributed by atoms with Crippen molar-refractivity contribution in [3.05, 3.63) is 35.9 Å². The molecule has 0 bridgehead atoms. The number of carbonyl (C=O) groups excluding carboxylic acids is 2. The first kappa shape index (κ1) is 26.5. The second-order valence-corrected chi connectivity index (χ2v) is 8.34. The monoisotopic (exact) mass is 434 g/mol. The number of amides is 2. The molecular formula is C24H38N2O5. The zero-order valence-corrected chi connectivity index (χ0v) is 19.1. The molecular weight excluding hydrogens is 396 g/mol. The summed E-state index contributed by atoms with van der Waals surface area (Å²) in [7, 11) is 0. The lowest BCUT2D eigenvalue weighted by Crippen LogP contribution is -2.52. The highest BCUT2D eigenvalue weighted by atomic mass is 16.5. The summed E-state index contributed by atoms with van der Waals surface area (Å²) in [6.45, 7) is 6.11. The highest BCUT2D eigenvalue weighted by molar-refractivity contribution is 5.89. The van der Waals surface area contributed by atoms with Gasteiger partial charge in [-0.05, 0) is 24.3 Å². The Hall–Kier alpha value is -2.57. The first-order valence-electron chi connectivity index (χ1n) is 11.3. The second kappa shape index (κ2) is 15.3. The van der Waals surface area contributed by atoms with E-state index in [9.17, 15) is 19.5 Å². The Kier molecular flexibility index (Phi) is 13.0. The molecule has 0 aliphatic heterocycles. The summed E-state index contributed by atoms with van der Waals surface area (Å²) in [5, 5.41) is 14.7. The second-order valence-electron chi connectivity index (χ2n) is 8.34. The molecule has 0 aromatic heterocycles. The van der Waals surface area contributed by atoms with Gasteiger partial charge in [-0.1, -0.05) is 89.6 Å². The molecule has 1 aromatic carbocycles. The fourth-order valence-corrected chi connectivity index (χ4v) is 3.27. The van der Waals surface area contributed by atoms with Gasteiger partial charge in [0, 0.05) is 0 Å². The number of aliphatic carboxylic acids is 1. The fourth-order valence-electron chi connectivity index (χ4n) is 3.27. The van der Waals surface area contributed by atoms with Crippen molar-refractivity contribution in [3.63, 3.8) is 0 Å². The number of nitrogens with one attached hydrogen (secondary N) is 2. The standard InChI is InChI=1S/C24H38N2O5/c1-4-5-6-7-8-12-15-20(23(28)29)25-22(27)21(16-18(2)3)26-24(30)31-17-19-13-10-9-11-14-19/h9-11,13-14,18,20-21H,4-8,12,15-17H2,1-3H3,(H,25,27)(H,26,30)(H,28,29)/t20-,21+/m1/s1. The molecule has 2 atom stereocenters. The number of carboxylic acid groups (broad SMARTS) is 1. The Balaban J connectivity index is 2.57. The average molecular weight is 435 g/mol. The molecule has 31 heavy (non-hydrogen) atoms. The number of carbonyl (C=O) groups is 3. The third-order valence-corrected chi connectivity index (χ3v) is 4.99. The van der Waals surface area contributed by atoms with Crippen LogP contribution in [0.2, 0.25) is 0 Å². The molecule has 0 saturated heterocycles. The molecule has 1 aromatic rings. The van der Waals surface area contributed by atoms with E-state index < -0.39 is 30.1 Å². The zero-order chi connectivity index (χ0) is 23.1. The van der Waals surface area contributed by atoms with Crippen molar-refractivity contribution in [1.29, 1.82) is 0 Å². The van der Waals surface area contributed by atoms with Gasteiger partial charge >= 0.3 is 12.1 Å². The molecule has 0 spiro atoms. The van der Waals surface area contributed by atoms with E-state index in [0.717, 1.165) is 37.7 Å². The smallest absolute Gasteiger partial charge is 0.408 e. The molecule has 0 unspecified atom stereocenters. The van der Waals surface area contributed by atoms with E-state index in [-0.39, 0.29) is 12.5 Å². The maximum Gasteiger partial charge on any atom is 0.408 e. The van der Waals surface area contributed by atoms with Crippen LogP contribution in [0.25, 0.3) is 0 Å². The largest absolute Gasteiger partial charge is 0.480 e. The maximum absolute atomic E-state index is 12.7. The summed E-state index contributed by atoms with van der Waals surface area (Å²) < 4.78 is 5.21. The molecule has 0 heterocycles. The number of carboxylic acids is 1. The van der Waals surface area contributed by atoms with Gasteiger partial charge in [-0.2, -0.15) is 0 Å². The highest BCUT2D eigenvalue weighted by Crippen LogP contribution is 2.11. The van der Waals surface area contributed by atoms with Crippen LogP contribution >= 0.6 is 0 Å². The van der Waals surface area contributed by atoms with Crippen molar-refractivity contribution >= 4 is 18.0 Å². The topological polar surface area (TPSA) is 105 Å². The van der Waals surface area contributed by atoms with E-state index in [4.69, 9.17) is 4.74 Å². The number of rotatable bonds is 15. The predicted molar refractivity (Wildman–Crippen MR) is 121 cm³/mol. The minimum atomic E-state index is -1.06. The highest BCUT2D eigenvalue weighted by Gasteiger charge is 2.27.